The number of ketones is 1. The second-order valence-corrected chi connectivity index (χ2v) is 48.5. The molecule has 0 heterocycles. The molecule has 1 unspecified atom stereocenters. The molecule has 0 amide bonds. The van der Waals surface area contributed by atoms with Gasteiger partial charge in [-0.25, -0.2) is 14.4 Å². The molecule has 0 spiro atoms. The van der Waals surface area contributed by atoms with E-state index in [-0.39, 0.29) is 48.9 Å². The fourth-order valence-corrected chi connectivity index (χ4v) is 27.0. The van der Waals surface area contributed by atoms with Crippen molar-refractivity contribution in [1.82, 2.24) is 0 Å². The number of benzene rings is 2. The quantitative estimate of drug-likeness (QED) is 0.0155. The average Bonchev–Trinajstić information content (AvgIpc) is 3.29. The van der Waals surface area contributed by atoms with E-state index in [0.29, 0.717) is 31.1 Å². The summed E-state index contributed by atoms with van der Waals surface area (Å²) >= 11 is 0. The van der Waals surface area contributed by atoms with Crippen molar-refractivity contribution >= 4 is 92.8 Å². The second-order valence-electron chi connectivity index (χ2n) is 19.9. The summed E-state index contributed by atoms with van der Waals surface area (Å²) in [6.45, 7) is 36.7. The van der Waals surface area contributed by atoms with Crippen LogP contribution in [0.5, 0.6) is 0 Å². The number of Topliss-reactive ketones (excluding diaryl/α,β-unsaturated/α-hetero) is 1. The average molecular weight is 1130 g/mol. The summed E-state index contributed by atoms with van der Waals surface area (Å²) in [5.74, 6) is -0.412. The van der Waals surface area contributed by atoms with Crippen molar-refractivity contribution in [2.75, 3.05) is 34.0 Å². The van der Waals surface area contributed by atoms with E-state index < -0.39 is 76.4 Å². The number of esters is 3. The fourth-order valence-electron chi connectivity index (χ4n) is 5.88. The zero-order chi connectivity index (χ0) is 56.3. The van der Waals surface area contributed by atoms with Gasteiger partial charge in [0.25, 0.3) is 0 Å². The van der Waals surface area contributed by atoms with Gasteiger partial charge in [0.05, 0.1) is 19.8 Å². The molecule has 2 aromatic carbocycles. The van der Waals surface area contributed by atoms with Gasteiger partial charge >= 0.3 is 35.0 Å². The summed E-state index contributed by atoms with van der Waals surface area (Å²) in [7, 11) is -10.9. The Morgan fingerprint density at radius 3 is 1.34 bits per heavy atom. The molecule has 13 nitrogen and oxygen atoms in total. The van der Waals surface area contributed by atoms with Crippen molar-refractivity contribution < 1.29 is 65.3 Å². The lowest BCUT2D eigenvalue weighted by atomic mass is 10.4. The van der Waals surface area contributed by atoms with Gasteiger partial charge in [-0.05, 0) is 146 Å². The molecule has 0 fully saturated rings. The maximum absolute atomic E-state index is 11.6. The zero-order valence-corrected chi connectivity index (χ0v) is 51.3. The molecule has 0 radical (unpaired) electrons. The molecule has 0 aliphatic rings. The molecule has 2 rings (SSSR count). The molecule has 20 heteroatoms. The van der Waals surface area contributed by atoms with Crippen LogP contribution in [0.1, 0.15) is 68.8 Å². The number of terminal acetylenes is 1. The second kappa shape index (κ2) is 37.8. The summed E-state index contributed by atoms with van der Waals surface area (Å²) in [6, 6.07) is 22.9. The highest BCUT2D eigenvalue weighted by Gasteiger charge is 2.47. The lowest BCUT2D eigenvalue weighted by molar-refractivity contribution is -0.152. The number of rotatable bonds is 24. The highest BCUT2D eigenvalue weighted by Crippen LogP contribution is 2.28. The van der Waals surface area contributed by atoms with E-state index in [1.807, 2.05) is 43.3 Å². The summed E-state index contributed by atoms with van der Waals surface area (Å²) in [5.41, 5.74) is 0.403. The predicted octanol–water partition coefficient (Wildman–Crippen LogP) is 12.2. The van der Waals surface area contributed by atoms with Crippen molar-refractivity contribution in [2.24, 2.45) is 0 Å². The van der Waals surface area contributed by atoms with Gasteiger partial charge in [-0.15, -0.1) is 6.42 Å². The van der Waals surface area contributed by atoms with Crippen LogP contribution in [-0.4, -0.2) is 121 Å². The molecule has 0 aromatic heterocycles. The topological polar surface area (TPSA) is 162 Å². The van der Waals surface area contributed by atoms with Gasteiger partial charge in [-0.3, -0.25) is 4.79 Å². The van der Waals surface area contributed by atoms with E-state index in [1.165, 1.54) is 12.1 Å². The summed E-state index contributed by atoms with van der Waals surface area (Å²) in [6.07, 6.45) is 7.10. The van der Waals surface area contributed by atoms with Crippen LogP contribution in [0.25, 0.3) is 0 Å². The van der Waals surface area contributed by atoms with Crippen molar-refractivity contribution in [3.8, 4) is 12.3 Å². The third-order valence-corrected chi connectivity index (χ3v) is 31.1. The molecule has 1 atom stereocenters. The molecule has 0 aliphatic carbocycles. The van der Waals surface area contributed by atoms with E-state index in [9.17, 15) is 24.0 Å². The Bertz CT molecular complexity index is 1850. The Kier molecular flexibility index (Phi) is 39.7. The summed E-state index contributed by atoms with van der Waals surface area (Å²) in [5, 5.41) is 2.41. The van der Waals surface area contributed by atoms with Crippen LogP contribution in [-0.2, 0) is 54.6 Å². The minimum atomic E-state index is -2.85. The summed E-state index contributed by atoms with van der Waals surface area (Å²) < 4.78 is 66.0. The predicted molar refractivity (Wildman–Crippen MR) is 321 cm³/mol. The smallest absolute Gasteiger partial charge is 0.384 e. The molecule has 0 saturated carbocycles. The van der Waals surface area contributed by atoms with Gasteiger partial charge in [0.1, 0.15) is 0 Å². The van der Waals surface area contributed by atoms with Gasteiger partial charge in [-0.1, -0.05) is 96.9 Å². The molecule has 0 aliphatic heterocycles. The monoisotopic (exact) mass is 1130 g/mol. The van der Waals surface area contributed by atoms with Gasteiger partial charge < -0.3 is 40.2 Å². The van der Waals surface area contributed by atoms with Crippen LogP contribution in [0.3, 0.4) is 0 Å². The lowest BCUT2D eigenvalue weighted by Gasteiger charge is -2.42. The Morgan fingerprint density at radius 2 is 0.972 bits per heavy atom. The minimum absolute atomic E-state index is 0. The first-order valence-corrected chi connectivity index (χ1v) is 43.6. The van der Waals surface area contributed by atoms with Crippen LogP contribution in [0.2, 0.25) is 110 Å². The van der Waals surface area contributed by atoms with Crippen molar-refractivity contribution in [3.05, 3.63) is 72.8 Å². The number of hydrogen-bond acceptors (Lipinski definition) is 13. The fraction of sp³-hybridized carbons (Fsp3) is 0.608. The first-order valence-electron chi connectivity index (χ1n) is 24.7. The van der Waals surface area contributed by atoms with Gasteiger partial charge in [0.2, 0.25) is 14.1 Å². The largest absolute Gasteiger partial charge is 0.462 e. The van der Waals surface area contributed by atoms with E-state index in [2.05, 4.69) is 126 Å². The number of hydrogen-bond donors (Lipinski definition) is 1. The molecule has 0 bridgehead atoms. The van der Waals surface area contributed by atoms with E-state index in [1.54, 1.807) is 21.1 Å². The third kappa shape index (κ3) is 41.2. The lowest BCUT2D eigenvalue weighted by Crippen LogP contribution is -2.63. The molecular formula is C51H106O13Si7. The Hall–Kier alpha value is -2.90. The molecular weight excluding hydrogens is 1020 g/mol. The van der Waals surface area contributed by atoms with Gasteiger partial charge in [0.15, 0.2) is 33.3 Å². The van der Waals surface area contributed by atoms with Crippen LogP contribution in [0.15, 0.2) is 72.8 Å². The molecule has 416 valence electrons. The standard InChI is InChI=1S/C26H44O7Si4.C9H14OSi.C8H16O4Si.C4H12OSi.4CH4.2H2/c1-11-25(27)29-19-15-22-35(6,7)32-37(10,24-17-13-12-14-18-24)33-36(8,9)31-34(4,5)21-16-20-30-26(28)23(2)3;1-10-11(2,3)9-7-5-4-6-8-9;1-7(9)8(10)12-5-4-6-13(2,3)11;1-5-6(2,3)4;;;;;;/h1,12-14,17-18H,2,15-16,19-22H2,3-10H3;4-8H,1-3H3;11H,4-6H2,1-3H3;1-4H3;4*1H4;2*1H/i;;;;;;;;2*1+1D. The van der Waals surface area contributed by atoms with Crippen LogP contribution in [0, 0.1) is 12.3 Å². The first-order chi connectivity index (χ1) is 32.6. The van der Waals surface area contributed by atoms with Crippen molar-refractivity contribution in [3.63, 3.8) is 0 Å². The van der Waals surface area contributed by atoms with E-state index in [4.69, 9.17) is 43.0 Å². The molecule has 2 aromatic rings. The van der Waals surface area contributed by atoms with Gasteiger partial charge in [0, 0.05) is 38.6 Å². The highest BCUT2D eigenvalue weighted by molar-refractivity contribution is 6.95. The normalized spacial score (nSPS) is 12.3. The van der Waals surface area contributed by atoms with Crippen LogP contribution >= 0.6 is 0 Å². The van der Waals surface area contributed by atoms with Crippen LogP contribution < -0.4 is 10.4 Å². The zero-order valence-electron chi connectivity index (χ0n) is 48.3. The van der Waals surface area contributed by atoms with E-state index >= 15 is 0 Å². The Balaban J connectivity index is -0.000000161. The highest BCUT2D eigenvalue weighted by atomic mass is 28.5. The SMILES string of the molecule is C.C.C.C.C#CC(=O)OCCC[Si](C)(C)O[Si](C)(O[Si](C)(C)O[Si](C)(C)CCCOC(=O)C(=C)C)c1ccccc1.CC(=O)C(=O)OCCC[Si](C)(C)O.CO[Si](C)(C)C.CO[Si](C)(C)c1ccccc1.[2H][2H].[2H][2H]. The number of carbonyl (C=O) groups is 4. The van der Waals surface area contributed by atoms with E-state index in [0.717, 1.165) is 23.7 Å². The first kappa shape index (κ1) is 74.6. The molecule has 0 saturated heterocycles. The molecule has 1 N–H and O–H groups in total. The minimum Gasteiger partial charge on any atom is -0.462 e. The van der Waals surface area contributed by atoms with Crippen molar-refractivity contribution in [2.45, 2.75) is 173 Å². The van der Waals surface area contributed by atoms with Crippen LogP contribution in [0.4, 0.5) is 0 Å². The number of carbonyl (C=O) groups excluding carboxylic acids is 4. The third-order valence-electron chi connectivity index (χ3n) is 9.56. The number of ether oxygens (including phenoxy) is 3. The Labute approximate surface area is 447 Å². The Morgan fingerprint density at radius 1 is 0.592 bits per heavy atom. The summed E-state index contributed by atoms with van der Waals surface area (Å²) in [4.78, 5) is 53.4. The maximum atomic E-state index is 11.6. The van der Waals surface area contributed by atoms with Crippen molar-refractivity contribution in [1.29, 1.82) is 0 Å². The molecule has 71 heavy (non-hydrogen) atoms. The van der Waals surface area contributed by atoms with Gasteiger partial charge in [-0.2, -0.15) is 0 Å². The maximum Gasteiger partial charge on any atom is 0.384 e.